The fourth-order valence-corrected chi connectivity index (χ4v) is 3.24. The number of hydrogen-bond donors (Lipinski definition) is 1. The first kappa shape index (κ1) is 14.3. The van der Waals surface area contributed by atoms with Crippen molar-refractivity contribution in [1.82, 2.24) is 9.88 Å². The number of aromatic nitrogens is 1. The molecule has 1 unspecified atom stereocenters. The molecule has 3 heteroatoms. The number of hydrogen-bond acceptors (Lipinski definition) is 3. The normalized spacial score (nSPS) is 20.6. The molecule has 0 saturated carbocycles. The van der Waals surface area contributed by atoms with Gasteiger partial charge in [0.05, 0.1) is 0 Å². The van der Waals surface area contributed by atoms with E-state index in [0.29, 0.717) is 12.1 Å². The molecule has 1 aromatic carbocycles. The lowest BCUT2D eigenvalue weighted by molar-refractivity contribution is 0.230. The molecule has 112 valence electrons. The van der Waals surface area contributed by atoms with Crippen LogP contribution in [0, 0.1) is 0 Å². The average molecular weight is 283 g/mol. The Balaban J connectivity index is 1.73. The van der Waals surface area contributed by atoms with Gasteiger partial charge in [-0.25, -0.2) is 0 Å². The van der Waals surface area contributed by atoms with Crippen LogP contribution in [0.1, 0.15) is 33.1 Å². The molecule has 0 amide bonds. The minimum absolute atomic E-state index is 0.569. The Hall–Kier alpha value is -1.61. The zero-order chi connectivity index (χ0) is 14.7. The molecule has 1 N–H and O–H groups in total. The van der Waals surface area contributed by atoms with Gasteiger partial charge >= 0.3 is 0 Å². The van der Waals surface area contributed by atoms with E-state index in [2.05, 4.69) is 53.3 Å². The molecule has 1 aliphatic rings. The highest BCUT2D eigenvalue weighted by Crippen LogP contribution is 2.25. The van der Waals surface area contributed by atoms with Crippen LogP contribution < -0.4 is 5.32 Å². The van der Waals surface area contributed by atoms with Crippen LogP contribution in [0.3, 0.4) is 0 Å². The summed E-state index contributed by atoms with van der Waals surface area (Å²) < 4.78 is 0. The first-order chi connectivity index (χ1) is 10.2. The van der Waals surface area contributed by atoms with Crippen molar-refractivity contribution >= 4 is 16.5 Å². The minimum Gasteiger partial charge on any atom is -0.382 e. The van der Waals surface area contributed by atoms with Crippen molar-refractivity contribution in [1.29, 1.82) is 0 Å². The summed E-state index contributed by atoms with van der Waals surface area (Å²) in [7, 11) is 0. The standard InChI is InChI=1S/C18H25N3/c1-14(2)21-11-4-6-16(9-12-21)20-18-7-3-5-15-8-10-19-13-17(15)18/h3,5,7-8,10,13-14,16,20H,4,6,9,11-12H2,1-2H3. The molecule has 2 aromatic rings. The molecule has 1 aromatic heterocycles. The predicted octanol–water partition coefficient (Wildman–Crippen LogP) is 3.91. The molecule has 0 bridgehead atoms. The van der Waals surface area contributed by atoms with Gasteiger partial charge in [-0.1, -0.05) is 12.1 Å². The van der Waals surface area contributed by atoms with E-state index in [1.165, 1.54) is 48.8 Å². The lowest BCUT2D eigenvalue weighted by Crippen LogP contribution is -2.32. The third kappa shape index (κ3) is 3.35. The molecular weight excluding hydrogens is 258 g/mol. The van der Waals surface area contributed by atoms with Gasteiger partial charge in [0.15, 0.2) is 0 Å². The Morgan fingerprint density at radius 2 is 2.10 bits per heavy atom. The fourth-order valence-electron chi connectivity index (χ4n) is 3.24. The van der Waals surface area contributed by atoms with Gasteiger partial charge in [0.25, 0.3) is 0 Å². The van der Waals surface area contributed by atoms with Crippen LogP contribution in [0.5, 0.6) is 0 Å². The zero-order valence-electron chi connectivity index (χ0n) is 13.0. The lowest BCUT2D eigenvalue weighted by atomic mass is 10.1. The van der Waals surface area contributed by atoms with Crippen molar-refractivity contribution in [3.63, 3.8) is 0 Å². The molecule has 0 radical (unpaired) electrons. The van der Waals surface area contributed by atoms with E-state index in [1.54, 1.807) is 0 Å². The topological polar surface area (TPSA) is 28.2 Å². The van der Waals surface area contributed by atoms with Gasteiger partial charge in [-0.2, -0.15) is 0 Å². The molecule has 0 aliphatic carbocycles. The number of rotatable bonds is 3. The number of nitrogens with one attached hydrogen (secondary N) is 1. The number of anilines is 1. The van der Waals surface area contributed by atoms with Crippen molar-refractivity contribution in [2.24, 2.45) is 0 Å². The van der Waals surface area contributed by atoms with Gasteiger partial charge in [-0.05, 0) is 57.2 Å². The van der Waals surface area contributed by atoms with Gasteiger partial charge in [-0.15, -0.1) is 0 Å². The average Bonchev–Trinajstić information content (AvgIpc) is 2.73. The molecule has 1 fully saturated rings. The lowest BCUT2D eigenvalue weighted by Gasteiger charge is -2.24. The third-order valence-corrected chi connectivity index (χ3v) is 4.54. The van der Waals surface area contributed by atoms with Crippen LogP contribution in [0.4, 0.5) is 5.69 Å². The number of pyridine rings is 1. The van der Waals surface area contributed by atoms with E-state index < -0.39 is 0 Å². The predicted molar refractivity (Wildman–Crippen MR) is 89.7 cm³/mol. The first-order valence-electron chi connectivity index (χ1n) is 8.07. The Bertz CT molecular complexity index is 589. The van der Waals surface area contributed by atoms with Gasteiger partial charge < -0.3 is 10.2 Å². The smallest absolute Gasteiger partial charge is 0.0437 e. The second kappa shape index (κ2) is 6.44. The molecule has 1 saturated heterocycles. The monoisotopic (exact) mass is 283 g/mol. The molecule has 0 spiro atoms. The van der Waals surface area contributed by atoms with Crippen molar-refractivity contribution in [2.75, 3.05) is 18.4 Å². The van der Waals surface area contributed by atoms with E-state index in [1.807, 2.05) is 12.4 Å². The van der Waals surface area contributed by atoms with Crippen LogP contribution in [0.15, 0.2) is 36.7 Å². The fraction of sp³-hybridized carbons (Fsp3) is 0.500. The number of likely N-dealkylation sites (tertiary alicyclic amines) is 1. The summed E-state index contributed by atoms with van der Waals surface area (Å²) >= 11 is 0. The highest BCUT2D eigenvalue weighted by atomic mass is 15.1. The maximum absolute atomic E-state index is 4.27. The van der Waals surface area contributed by atoms with Crippen LogP contribution in [0.25, 0.3) is 10.8 Å². The summed E-state index contributed by atoms with van der Waals surface area (Å²) in [5, 5.41) is 6.24. The van der Waals surface area contributed by atoms with Gasteiger partial charge in [-0.3, -0.25) is 4.98 Å². The quantitative estimate of drug-likeness (QED) is 0.925. The molecule has 3 rings (SSSR count). The number of nitrogens with zero attached hydrogens (tertiary/aromatic N) is 2. The summed E-state index contributed by atoms with van der Waals surface area (Å²) in [6, 6.07) is 9.76. The number of fused-ring (bicyclic) bond motifs is 1. The zero-order valence-corrected chi connectivity index (χ0v) is 13.0. The van der Waals surface area contributed by atoms with Crippen LogP contribution >= 0.6 is 0 Å². The highest BCUT2D eigenvalue weighted by Gasteiger charge is 2.18. The SMILES string of the molecule is CC(C)N1CCCC(Nc2cccc3ccncc23)CC1. The second-order valence-corrected chi connectivity index (χ2v) is 6.30. The summed E-state index contributed by atoms with van der Waals surface area (Å²) in [4.78, 5) is 6.86. The molecule has 3 nitrogen and oxygen atoms in total. The molecule has 1 atom stereocenters. The first-order valence-corrected chi connectivity index (χ1v) is 8.07. The van der Waals surface area contributed by atoms with E-state index in [9.17, 15) is 0 Å². The Labute approximate surface area is 127 Å². The van der Waals surface area contributed by atoms with Gasteiger partial charge in [0.1, 0.15) is 0 Å². The van der Waals surface area contributed by atoms with Crippen molar-refractivity contribution in [2.45, 2.75) is 45.2 Å². The van der Waals surface area contributed by atoms with Crippen molar-refractivity contribution in [3.8, 4) is 0 Å². The second-order valence-electron chi connectivity index (χ2n) is 6.30. The van der Waals surface area contributed by atoms with E-state index in [-0.39, 0.29) is 0 Å². The van der Waals surface area contributed by atoms with Crippen molar-refractivity contribution < 1.29 is 0 Å². The molecule has 1 aliphatic heterocycles. The number of benzene rings is 1. The largest absolute Gasteiger partial charge is 0.382 e. The van der Waals surface area contributed by atoms with Crippen LogP contribution in [0.2, 0.25) is 0 Å². The van der Waals surface area contributed by atoms with Gasteiger partial charge in [0, 0.05) is 42.1 Å². The molecular formula is C18H25N3. The Morgan fingerprint density at radius 3 is 2.95 bits per heavy atom. The van der Waals surface area contributed by atoms with Gasteiger partial charge in [0.2, 0.25) is 0 Å². The summed E-state index contributed by atoms with van der Waals surface area (Å²) in [5.41, 5.74) is 1.23. The van der Waals surface area contributed by atoms with Crippen LogP contribution in [-0.4, -0.2) is 35.1 Å². The molecule has 2 heterocycles. The Morgan fingerprint density at radius 1 is 1.19 bits per heavy atom. The third-order valence-electron chi connectivity index (χ3n) is 4.54. The summed E-state index contributed by atoms with van der Waals surface area (Å²) in [5.74, 6) is 0. The maximum Gasteiger partial charge on any atom is 0.0437 e. The highest BCUT2D eigenvalue weighted by molar-refractivity contribution is 5.93. The Kier molecular flexibility index (Phi) is 4.39. The molecule has 21 heavy (non-hydrogen) atoms. The minimum atomic E-state index is 0.569. The summed E-state index contributed by atoms with van der Waals surface area (Å²) in [6.07, 6.45) is 7.57. The maximum atomic E-state index is 4.27. The van der Waals surface area contributed by atoms with Crippen molar-refractivity contribution in [3.05, 3.63) is 36.7 Å². The van der Waals surface area contributed by atoms with E-state index in [0.717, 1.165) is 0 Å². The van der Waals surface area contributed by atoms with E-state index in [4.69, 9.17) is 0 Å². The summed E-state index contributed by atoms with van der Waals surface area (Å²) in [6.45, 7) is 7.01. The van der Waals surface area contributed by atoms with Crippen LogP contribution in [-0.2, 0) is 0 Å². The van der Waals surface area contributed by atoms with E-state index >= 15 is 0 Å².